The quantitative estimate of drug-likeness (QED) is 0.800. The van der Waals surface area contributed by atoms with E-state index in [4.69, 9.17) is 5.11 Å². The largest absolute Gasteiger partial charge is 0.478 e. The summed E-state index contributed by atoms with van der Waals surface area (Å²) in [6, 6.07) is 4.80. The number of aryl methyl sites for hydroxylation is 1. The molecule has 0 heterocycles. The van der Waals surface area contributed by atoms with Crippen molar-refractivity contribution in [1.82, 2.24) is 5.32 Å². The van der Waals surface area contributed by atoms with Crippen molar-refractivity contribution in [3.8, 4) is 0 Å². The van der Waals surface area contributed by atoms with E-state index in [0.717, 1.165) is 17.9 Å². The van der Waals surface area contributed by atoms with Gasteiger partial charge in [0.2, 0.25) is 0 Å². The van der Waals surface area contributed by atoms with E-state index in [1.165, 1.54) is 25.3 Å². The Bertz CT molecular complexity index is 585. The first-order chi connectivity index (χ1) is 10.0. The molecule has 112 valence electrons. The second-order valence-electron chi connectivity index (χ2n) is 6.21. The molecule has 0 aliphatic heterocycles. The molecule has 5 heteroatoms. The molecule has 0 saturated heterocycles. The lowest BCUT2D eigenvalue weighted by Crippen LogP contribution is -2.41. The molecule has 2 amide bonds. The molecule has 1 aromatic carbocycles. The normalized spacial score (nSPS) is 26.6. The van der Waals surface area contributed by atoms with Crippen LogP contribution in [0.3, 0.4) is 0 Å². The van der Waals surface area contributed by atoms with Gasteiger partial charge in [0.05, 0.1) is 5.56 Å². The van der Waals surface area contributed by atoms with Crippen molar-refractivity contribution in [1.29, 1.82) is 0 Å². The molecule has 1 aromatic rings. The fourth-order valence-corrected chi connectivity index (χ4v) is 3.69. The minimum atomic E-state index is -0.962. The first-order valence-corrected chi connectivity index (χ1v) is 7.44. The summed E-state index contributed by atoms with van der Waals surface area (Å²) in [5.74, 6) is 0.462. The van der Waals surface area contributed by atoms with Crippen LogP contribution in [-0.4, -0.2) is 23.1 Å². The number of benzene rings is 1. The van der Waals surface area contributed by atoms with Gasteiger partial charge in [-0.2, -0.15) is 0 Å². The Hall–Kier alpha value is -2.04. The van der Waals surface area contributed by atoms with Crippen molar-refractivity contribution < 1.29 is 14.7 Å². The molecule has 3 atom stereocenters. The van der Waals surface area contributed by atoms with Crippen LogP contribution >= 0.6 is 0 Å². The summed E-state index contributed by atoms with van der Waals surface area (Å²) >= 11 is 0. The molecule has 2 aliphatic rings. The van der Waals surface area contributed by atoms with E-state index >= 15 is 0 Å². The van der Waals surface area contributed by atoms with Crippen molar-refractivity contribution in [2.24, 2.45) is 11.8 Å². The highest BCUT2D eigenvalue weighted by atomic mass is 16.4. The van der Waals surface area contributed by atoms with Crippen LogP contribution < -0.4 is 10.6 Å². The predicted octanol–water partition coefficient (Wildman–Crippen LogP) is 3.00. The third-order valence-electron chi connectivity index (χ3n) is 4.78. The van der Waals surface area contributed by atoms with Gasteiger partial charge in [0.1, 0.15) is 0 Å². The van der Waals surface area contributed by atoms with Gasteiger partial charge < -0.3 is 15.7 Å². The number of hydrogen-bond donors (Lipinski definition) is 3. The standard InChI is InChI=1S/C16H20N2O3/c1-9-6-12(15(19)20)4-5-13(9)17-16(21)18-14-8-10-2-3-11(14)7-10/h4-6,10-11,14H,2-3,7-8H2,1H3,(H,19,20)(H2,17,18,21). The van der Waals surface area contributed by atoms with Gasteiger partial charge in [-0.3, -0.25) is 0 Å². The fraction of sp³-hybridized carbons (Fsp3) is 0.500. The highest BCUT2D eigenvalue weighted by molar-refractivity contribution is 5.92. The van der Waals surface area contributed by atoms with E-state index in [1.54, 1.807) is 19.1 Å². The molecule has 0 radical (unpaired) electrons. The first kappa shape index (κ1) is 13.9. The summed E-state index contributed by atoms with van der Waals surface area (Å²) in [4.78, 5) is 23.0. The van der Waals surface area contributed by atoms with E-state index in [9.17, 15) is 9.59 Å². The van der Waals surface area contributed by atoms with E-state index < -0.39 is 5.97 Å². The Balaban J connectivity index is 1.61. The van der Waals surface area contributed by atoms with Crippen molar-refractivity contribution in [3.05, 3.63) is 29.3 Å². The van der Waals surface area contributed by atoms with Crippen LogP contribution in [0.2, 0.25) is 0 Å². The van der Waals surface area contributed by atoms with Crippen molar-refractivity contribution in [3.63, 3.8) is 0 Å². The van der Waals surface area contributed by atoms with Crippen molar-refractivity contribution in [2.75, 3.05) is 5.32 Å². The second-order valence-corrected chi connectivity index (χ2v) is 6.21. The molecule has 3 rings (SSSR count). The zero-order valence-corrected chi connectivity index (χ0v) is 12.1. The lowest BCUT2D eigenvalue weighted by atomic mass is 9.95. The molecule has 2 bridgehead atoms. The molecule has 0 spiro atoms. The van der Waals surface area contributed by atoms with E-state index in [-0.39, 0.29) is 11.6 Å². The first-order valence-electron chi connectivity index (χ1n) is 7.44. The molecule has 5 nitrogen and oxygen atoms in total. The van der Waals surface area contributed by atoms with Gasteiger partial charge in [-0.1, -0.05) is 6.42 Å². The molecule has 0 aromatic heterocycles. The van der Waals surface area contributed by atoms with Gasteiger partial charge in [0.15, 0.2) is 0 Å². The third kappa shape index (κ3) is 2.86. The van der Waals surface area contributed by atoms with Gasteiger partial charge in [0, 0.05) is 11.7 Å². The Morgan fingerprint density at radius 3 is 2.62 bits per heavy atom. The molecular weight excluding hydrogens is 268 g/mol. The van der Waals surface area contributed by atoms with Crippen molar-refractivity contribution >= 4 is 17.7 Å². The number of carbonyl (C=O) groups is 2. The monoisotopic (exact) mass is 288 g/mol. The number of hydrogen-bond acceptors (Lipinski definition) is 2. The maximum Gasteiger partial charge on any atom is 0.335 e. The number of fused-ring (bicyclic) bond motifs is 2. The molecule has 2 aliphatic carbocycles. The van der Waals surface area contributed by atoms with Crippen molar-refractivity contribution in [2.45, 2.75) is 38.6 Å². The molecule has 3 N–H and O–H groups in total. The predicted molar refractivity (Wildman–Crippen MR) is 79.5 cm³/mol. The molecular formula is C16H20N2O3. The topological polar surface area (TPSA) is 78.4 Å². The Morgan fingerprint density at radius 2 is 2.05 bits per heavy atom. The van der Waals surface area contributed by atoms with Crippen LogP contribution in [0.5, 0.6) is 0 Å². The summed E-state index contributed by atoms with van der Waals surface area (Å²) in [6.07, 6.45) is 4.87. The zero-order chi connectivity index (χ0) is 15.0. The number of carboxylic acids is 1. The van der Waals surface area contributed by atoms with Crippen LogP contribution in [-0.2, 0) is 0 Å². The lowest BCUT2D eigenvalue weighted by Gasteiger charge is -2.23. The Labute approximate surface area is 123 Å². The molecule has 3 unspecified atom stereocenters. The molecule has 2 saturated carbocycles. The number of nitrogens with one attached hydrogen (secondary N) is 2. The van der Waals surface area contributed by atoms with Gasteiger partial charge in [0.25, 0.3) is 0 Å². The smallest absolute Gasteiger partial charge is 0.335 e. The number of aromatic carboxylic acids is 1. The fourth-order valence-electron chi connectivity index (χ4n) is 3.69. The summed E-state index contributed by atoms with van der Waals surface area (Å²) in [7, 11) is 0. The number of carboxylic acid groups (broad SMARTS) is 1. The van der Waals surface area contributed by atoms with Gasteiger partial charge >= 0.3 is 12.0 Å². The maximum absolute atomic E-state index is 12.1. The minimum Gasteiger partial charge on any atom is -0.478 e. The highest BCUT2D eigenvalue weighted by Crippen LogP contribution is 2.44. The van der Waals surface area contributed by atoms with Crippen LogP contribution in [0.15, 0.2) is 18.2 Å². The Morgan fingerprint density at radius 1 is 1.24 bits per heavy atom. The van der Waals surface area contributed by atoms with Crippen LogP contribution in [0.25, 0.3) is 0 Å². The van der Waals surface area contributed by atoms with Crippen LogP contribution in [0.4, 0.5) is 10.5 Å². The average Bonchev–Trinajstić information content (AvgIpc) is 3.03. The third-order valence-corrected chi connectivity index (χ3v) is 4.78. The zero-order valence-electron chi connectivity index (χ0n) is 12.1. The molecule has 2 fully saturated rings. The summed E-state index contributed by atoms with van der Waals surface area (Å²) < 4.78 is 0. The van der Waals surface area contributed by atoms with Gasteiger partial charge in [-0.25, -0.2) is 9.59 Å². The highest BCUT2D eigenvalue weighted by Gasteiger charge is 2.40. The number of amides is 2. The number of carbonyl (C=O) groups excluding carboxylic acids is 1. The lowest BCUT2D eigenvalue weighted by molar-refractivity contribution is 0.0697. The number of urea groups is 1. The number of rotatable bonds is 3. The van der Waals surface area contributed by atoms with Crippen LogP contribution in [0.1, 0.15) is 41.6 Å². The summed E-state index contributed by atoms with van der Waals surface area (Å²) in [5, 5.41) is 14.8. The average molecular weight is 288 g/mol. The molecule has 21 heavy (non-hydrogen) atoms. The Kier molecular flexibility index (Phi) is 3.57. The SMILES string of the molecule is Cc1cc(C(=O)O)ccc1NC(=O)NC1CC2CCC1C2. The van der Waals surface area contributed by atoms with E-state index in [1.807, 2.05) is 0 Å². The summed E-state index contributed by atoms with van der Waals surface area (Å²) in [6.45, 7) is 1.79. The number of anilines is 1. The summed E-state index contributed by atoms with van der Waals surface area (Å²) in [5.41, 5.74) is 1.63. The second kappa shape index (κ2) is 5.39. The minimum absolute atomic E-state index is 0.196. The van der Waals surface area contributed by atoms with E-state index in [0.29, 0.717) is 17.6 Å². The van der Waals surface area contributed by atoms with Gasteiger partial charge in [-0.05, 0) is 61.8 Å². The van der Waals surface area contributed by atoms with Crippen LogP contribution in [0, 0.1) is 18.8 Å². The van der Waals surface area contributed by atoms with Gasteiger partial charge in [-0.15, -0.1) is 0 Å². The maximum atomic E-state index is 12.1. The van der Waals surface area contributed by atoms with E-state index in [2.05, 4.69) is 10.6 Å².